The molecule has 0 aliphatic carbocycles. The Morgan fingerprint density at radius 1 is 1.10 bits per heavy atom. The molecule has 20 heavy (non-hydrogen) atoms. The highest BCUT2D eigenvalue weighted by molar-refractivity contribution is 5.64. The summed E-state index contributed by atoms with van der Waals surface area (Å²) in [6.07, 6.45) is 0. The Hall–Kier alpha value is -2.81. The number of fused-ring (bicyclic) bond motifs is 1. The van der Waals surface area contributed by atoms with Gasteiger partial charge in [-0.2, -0.15) is 5.26 Å². The van der Waals surface area contributed by atoms with Crippen molar-refractivity contribution in [3.05, 3.63) is 30.3 Å². The average Bonchev–Trinajstić information content (AvgIpc) is 2.53. The van der Waals surface area contributed by atoms with Crippen LogP contribution in [0.3, 0.4) is 0 Å². The monoisotopic (exact) mass is 268 g/mol. The second-order valence-electron chi connectivity index (χ2n) is 4.17. The van der Waals surface area contributed by atoms with Crippen LogP contribution in [0.4, 0.5) is 5.82 Å². The van der Waals surface area contributed by atoms with Crippen molar-refractivity contribution in [3.8, 4) is 28.8 Å². The summed E-state index contributed by atoms with van der Waals surface area (Å²) in [4.78, 5) is 0. The van der Waals surface area contributed by atoms with Gasteiger partial charge in [-0.3, -0.25) is 0 Å². The quantitative estimate of drug-likeness (QED) is 0.856. The highest BCUT2D eigenvalue weighted by Crippen LogP contribution is 2.33. The lowest BCUT2D eigenvalue weighted by atomic mass is 10.1. The van der Waals surface area contributed by atoms with Gasteiger partial charge in [0.2, 0.25) is 0 Å². The number of benzene rings is 1. The number of nitriles is 1. The second-order valence-corrected chi connectivity index (χ2v) is 4.17. The molecule has 0 saturated heterocycles. The standard InChI is InChI=1S/C14H12N4O2/c15-5-6-16-14-4-2-11(17-18-14)10-1-3-12-13(9-10)20-8-7-19-12/h1-4,9H,6-8H2,(H,16,18). The zero-order chi connectivity index (χ0) is 13.8. The molecule has 0 radical (unpaired) electrons. The number of hydrogen-bond acceptors (Lipinski definition) is 6. The van der Waals surface area contributed by atoms with Crippen molar-refractivity contribution in [2.45, 2.75) is 0 Å². The Morgan fingerprint density at radius 3 is 2.70 bits per heavy atom. The third-order valence-electron chi connectivity index (χ3n) is 2.85. The van der Waals surface area contributed by atoms with Crippen LogP contribution in [0.5, 0.6) is 11.5 Å². The summed E-state index contributed by atoms with van der Waals surface area (Å²) < 4.78 is 11.0. The maximum Gasteiger partial charge on any atom is 0.162 e. The normalized spacial score (nSPS) is 12.6. The lowest BCUT2D eigenvalue weighted by Gasteiger charge is -2.18. The maximum absolute atomic E-state index is 8.49. The van der Waals surface area contributed by atoms with E-state index in [1.165, 1.54) is 0 Å². The summed E-state index contributed by atoms with van der Waals surface area (Å²) in [6.45, 7) is 1.34. The SMILES string of the molecule is N#CCNc1ccc(-c2ccc3c(c2)OCCO3)nn1. The van der Waals surface area contributed by atoms with Crippen molar-refractivity contribution >= 4 is 5.82 Å². The first-order chi connectivity index (χ1) is 9.86. The third-order valence-corrected chi connectivity index (χ3v) is 2.85. The lowest BCUT2D eigenvalue weighted by Crippen LogP contribution is -2.15. The summed E-state index contributed by atoms with van der Waals surface area (Å²) in [5.41, 5.74) is 1.65. The van der Waals surface area contributed by atoms with Crippen LogP contribution < -0.4 is 14.8 Å². The van der Waals surface area contributed by atoms with Gasteiger partial charge in [-0.05, 0) is 30.3 Å². The first kappa shape index (κ1) is 12.2. The van der Waals surface area contributed by atoms with E-state index < -0.39 is 0 Å². The fourth-order valence-corrected chi connectivity index (χ4v) is 1.91. The van der Waals surface area contributed by atoms with Gasteiger partial charge in [-0.15, -0.1) is 10.2 Å². The maximum atomic E-state index is 8.49. The van der Waals surface area contributed by atoms with Gasteiger partial charge in [0, 0.05) is 5.56 Å². The molecule has 0 amide bonds. The third kappa shape index (κ3) is 2.47. The fourth-order valence-electron chi connectivity index (χ4n) is 1.91. The largest absolute Gasteiger partial charge is 0.486 e. The molecule has 1 aromatic heterocycles. The van der Waals surface area contributed by atoms with Crippen LogP contribution in [0.1, 0.15) is 0 Å². The van der Waals surface area contributed by atoms with Crippen LogP contribution in [0.25, 0.3) is 11.3 Å². The van der Waals surface area contributed by atoms with Crippen molar-refractivity contribution in [1.82, 2.24) is 10.2 Å². The van der Waals surface area contributed by atoms with Crippen molar-refractivity contribution in [1.29, 1.82) is 5.26 Å². The zero-order valence-corrected chi connectivity index (χ0v) is 10.7. The molecule has 3 rings (SSSR count). The van der Waals surface area contributed by atoms with Crippen LogP contribution in [0, 0.1) is 11.3 Å². The van der Waals surface area contributed by atoms with Crippen molar-refractivity contribution < 1.29 is 9.47 Å². The fraction of sp³-hybridized carbons (Fsp3) is 0.214. The van der Waals surface area contributed by atoms with E-state index in [4.69, 9.17) is 14.7 Å². The lowest BCUT2D eigenvalue weighted by molar-refractivity contribution is 0.171. The van der Waals surface area contributed by atoms with Crippen molar-refractivity contribution in [2.75, 3.05) is 25.1 Å². The molecule has 100 valence electrons. The Labute approximate surface area is 116 Å². The number of ether oxygens (including phenoxy) is 2. The van der Waals surface area contributed by atoms with Gasteiger partial charge in [0.1, 0.15) is 25.6 Å². The smallest absolute Gasteiger partial charge is 0.162 e. The second kappa shape index (κ2) is 5.45. The summed E-state index contributed by atoms with van der Waals surface area (Å²) in [5.74, 6) is 2.05. The number of aromatic nitrogens is 2. The van der Waals surface area contributed by atoms with Crippen LogP contribution in [-0.4, -0.2) is 30.0 Å². The van der Waals surface area contributed by atoms with E-state index in [0.717, 1.165) is 22.8 Å². The van der Waals surface area contributed by atoms with Crippen LogP contribution in [0.2, 0.25) is 0 Å². The summed E-state index contributed by atoms with van der Waals surface area (Å²) in [6, 6.07) is 11.3. The van der Waals surface area contributed by atoms with Crippen LogP contribution in [0.15, 0.2) is 30.3 Å². The summed E-state index contributed by atoms with van der Waals surface area (Å²) >= 11 is 0. The van der Waals surface area contributed by atoms with Gasteiger partial charge >= 0.3 is 0 Å². The van der Waals surface area contributed by atoms with Crippen LogP contribution >= 0.6 is 0 Å². The molecule has 0 bridgehead atoms. The Balaban J connectivity index is 1.84. The minimum Gasteiger partial charge on any atom is -0.486 e. The molecule has 1 aliphatic heterocycles. The van der Waals surface area contributed by atoms with E-state index in [1.807, 2.05) is 30.3 Å². The number of anilines is 1. The molecule has 0 saturated carbocycles. The van der Waals surface area contributed by atoms with Gasteiger partial charge in [-0.25, -0.2) is 0 Å². The molecular formula is C14H12N4O2. The van der Waals surface area contributed by atoms with Gasteiger partial charge in [0.05, 0.1) is 11.8 Å². The van der Waals surface area contributed by atoms with E-state index in [9.17, 15) is 0 Å². The van der Waals surface area contributed by atoms with E-state index in [0.29, 0.717) is 19.0 Å². The minimum absolute atomic E-state index is 0.206. The van der Waals surface area contributed by atoms with Gasteiger partial charge in [-0.1, -0.05) is 0 Å². The summed E-state index contributed by atoms with van der Waals surface area (Å²) in [7, 11) is 0. The molecule has 1 aromatic carbocycles. The Bertz CT molecular complexity index is 649. The first-order valence-corrected chi connectivity index (χ1v) is 6.21. The Kier molecular flexibility index (Phi) is 3.33. The predicted molar refractivity (Wildman–Crippen MR) is 72.6 cm³/mol. The number of nitrogens with one attached hydrogen (secondary N) is 1. The molecule has 0 atom stereocenters. The summed E-state index contributed by atoms with van der Waals surface area (Å²) in [5, 5.41) is 19.5. The molecule has 1 aliphatic rings. The average molecular weight is 268 g/mol. The molecule has 0 unspecified atom stereocenters. The number of rotatable bonds is 3. The van der Waals surface area contributed by atoms with Gasteiger partial charge in [0.15, 0.2) is 11.5 Å². The van der Waals surface area contributed by atoms with Gasteiger partial charge < -0.3 is 14.8 Å². The zero-order valence-electron chi connectivity index (χ0n) is 10.7. The van der Waals surface area contributed by atoms with Crippen molar-refractivity contribution in [3.63, 3.8) is 0 Å². The van der Waals surface area contributed by atoms with Gasteiger partial charge in [0.25, 0.3) is 0 Å². The number of hydrogen-bond donors (Lipinski definition) is 1. The molecule has 2 aromatic rings. The predicted octanol–water partition coefficient (Wildman–Crippen LogP) is 1.85. The van der Waals surface area contributed by atoms with E-state index in [1.54, 1.807) is 6.07 Å². The van der Waals surface area contributed by atoms with Crippen LogP contribution in [-0.2, 0) is 0 Å². The molecule has 6 nitrogen and oxygen atoms in total. The molecule has 0 fully saturated rings. The molecule has 1 N–H and O–H groups in total. The highest BCUT2D eigenvalue weighted by Gasteiger charge is 2.13. The molecular weight excluding hydrogens is 256 g/mol. The van der Waals surface area contributed by atoms with E-state index in [-0.39, 0.29) is 6.54 Å². The van der Waals surface area contributed by atoms with Crippen molar-refractivity contribution in [2.24, 2.45) is 0 Å². The van der Waals surface area contributed by atoms with E-state index >= 15 is 0 Å². The first-order valence-electron chi connectivity index (χ1n) is 6.21. The molecule has 2 heterocycles. The minimum atomic E-state index is 0.206. The highest BCUT2D eigenvalue weighted by atomic mass is 16.6. The number of nitrogens with zero attached hydrogens (tertiary/aromatic N) is 3. The molecule has 6 heteroatoms. The van der Waals surface area contributed by atoms with E-state index in [2.05, 4.69) is 15.5 Å². The topological polar surface area (TPSA) is 80.1 Å². The molecule has 0 spiro atoms. The Morgan fingerprint density at radius 2 is 1.95 bits per heavy atom.